The standard InChI is InChI=1S/C12H20N4O/c1-3-13-12-14-6-5-11(16-12)15-9-7-10(8-9)17-4-2/h5-6,9-10H,3-4,7-8H2,1-2H3,(H2,13,14,15,16). The lowest BCUT2D eigenvalue weighted by molar-refractivity contribution is 0.00293. The Morgan fingerprint density at radius 3 is 2.94 bits per heavy atom. The summed E-state index contributed by atoms with van der Waals surface area (Å²) >= 11 is 0. The highest BCUT2D eigenvalue weighted by atomic mass is 16.5. The molecule has 1 heterocycles. The van der Waals surface area contributed by atoms with Crippen LogP contribution >= 0.6 is 0 Å². The molecule has 0 radical (unpaired) electrons. The fraction of sp³-hybridized carbons (Fsp3) is 0.667. The highest BCUT2D eigenvalue weighted by Gasteiger charge is 2.29. The molecular formula is C12H20N4O. The number of nitrogens with one attached hydrogen (secondary N) is 2. The number of nitrogens with zero attached hydrogens (tertiary/aromatic N) is 2. The average molecular weight is 236 g/mol. The Labute approximate surface area is 102 Å². The Kier molecular flexibility index (Phi) is 4.14. The molecule has 1 aliphatic rings. The third-order valence-corrected chi connectivity index (χ3v) is 2.84. The maximum atomic E-state index is 5.52. The summed E-state index contributed by atoms with van der Waals surface area (Å²) < 4.78 is 5.52. The molecule has 5 heteroatoms. The predicted molar refractivity (Wildman–Crippen MR) is 68.3 cm³/mol. The first-order valence-electron chi connectivity index (χ1n) is 6.26. The summed E-state index contributed by atoms with van der Waals surface area (Å²) in [5, 5.41) is 6.49. The van der Waals surface area contributed by atoms with Gasteiger partial charge in [-0.1, -0.05) is 0 Å². The van der Waals surface area contributed by atoms with E-state index < -0.39 is 0 Å². The van der Waals surface area contributed by atoms with Gasteiger partial charge in [0.1, 0.15) is 5.82 Å². The van der Waals surface area contributed by atoms with E-state index in [0.717, 1.165) is 31.8 Å². The lowest BCUT2D eigenvalue weighted by atomic mass is 9.89. The molecule has 0 unspecified atom stereocenters. The normalized spacial score (nSPS) is 22.9. The first-order chi connectivity index (χ1) is 8.31. The van der Waals surface area contributed by atoms with E-state index >= 15 is 0 Å². The largest absolute Gasteiger partial charge is 0.378 e. The van der Waals surface area contributed by atoms with Gasteiger partial charge in [-0.25, -0.2) is 4.98 Å². The molecule has 1 aromatic heterocycles. The van der Waals surface area contributed by atoms with Gasteiger partial charge in [-0.15, -0.1) is 0 Å². The van der Waals surface area contributed by atoms with Gasteiger partial charge in [-0.2, -0.15) is 4.98 Å². The molecule has 0 aromatic carbocycles. The second-order valence-electron chi connectivity index (χ2n) is 4.19. The second-order valence-corrected chi connectivity index (χ2v) is 4.19. The van der Waals surface area contributed by atoms with Crippen molar-refractivity contribution >= 4 is 11.8 Å². The summed E-state index contributed by atoms with van der Waals surface area (Å²) in [5.74, 6) is 1.56. The topological polar surface area (TPSA) is 59.1 Å². The van der Waals surface area contributed by atoms with Gasteiger partial charge in [0.05, 0.1) is 6.10 Å². The zero-order valence-corrected chi connectivity index (χ0v) is 10.4. The van der Waals surface area contributed by atoms with E-state index in [-0.39, 0.29) is 0 Å². The first kappa shape index (κ1) is 12.1. The van der Waals surface area contributed by atoms with Gasteiger partial charge >= 0.3 is 0 Å². The number of anilines is 2. The maximum absolute atomic E-state index is 5.52. The number of aromatic nitrogens is 2. The summed E-state index contributed by atoms with van der Waals surface area (Å²) in [6.07, 6.45) is 4.32. The Morgan fingerprint density at radius 1 is 1.41 bits per heavy atom. The Balaban J connectivity index is 1.81. The van der Waals surface area contributed by atoms with E-state index in [0.29, 0.717) is 18.1 Å². The van der Waals surface area contributed by atoms with Crippen LogP contribution in [0.5, 0.6) is 0 Å². The molecule has 0 bridgehead atoms. The number of hydrogen-bond donors (Lipinski definition) is 2. The van der Waals surface area contributed by atoms with Crippen molar-refractivity contribution in [3.8, 4) is 0 Å². The first-order valence-corrected chi connectivity index (χ1v) is 6.26. The zero-order chi connectivity index (χ0) is 12.1. The molecule has 2 rings (SSSR count). The molecule has 1 saturated carbocycles. The van der Waals surface area contributed by atoms with Crippen LogP contribution < -0.4 is 10.6 Å². The van der Waals surface area contributed by atoms with Gasteiger partial charge in [0.2, 0.25) is 5.95 Å². The average Bonchev–Trinajstić information content (AvgIpc) is 2.27. The summed E-state index contributed by atoms with van der Waals surface area (Å²) in [6, 6.07) is 2.38. The molecule has 0 amide bonds. The number of rotatable bonds is 6. The van der Waals surface area contributed by atoms with E-state index in [9.17, 15) is 0 Å². The molecule has 2 N–H and O–H groups in total. The van der Waals surface area contributed by atoms with Crippen LogP contribution in [0.4, 0.5) is 11.8 Å². The van der Waals surface area contributed by atoms with Gasteiger partial charge < -0.3 is 15.4 Å². The van der Waals surface area contributed by atoms with Crippen LogP contribution in [0.15, 0.2) is 12.3 Å². The van der Waals surface area contributed by atoms with Crippen LogP contribution in [-0.4, -0.2) is 35.3 Å². The lowest BCUT2D eigenvalue weighted by Gasteiger charge is -2.35. The Morgan fingerprint density at radius 2 is 2.24 bits per heavy atom. The quantitative estimate of drug-likeness (QED) is 0.790. The molecule has 5 nitrogen and oxygen atoms in total. The van der Waals surface area contributed by atoms with Crippen molar-refractivity contribution in [3.05, 3.63) is 12.3 Å². The molecule has 17 heavy (non-hydrogen) atoms. The minimum absolute atomic E-state index is 0.424. The van der Waals surface area contributed by atoms with Crippen molar-refractivity contribution in [2.24, 2.45) is 0 Å². The number of ether oxygens (including phenoxy) is 1. The molecule has 0 aliphatic heterocycles. The van der Waals surface area contributed by atoms with E-state index in [4.69, 9.17) is 4.74 Å². The van der Waals surface area contributed by atoms with Crippen molar-refractivity contribution in [3.63, 3.8) is 0 Å². The molecule has 0 spiro atoms. The Bertz CT molecular complexity index is 352. The van der Waals surface area contributed by atoms with E-state index in [1.807, 2.05) is 19.9 Å². The zero-order valence-electron chi connectivity index (χ0n) is 10.4. The maximum Gasteiger partial charge on any atom is 0.224 e. The van der Waals surface area contributed by atoms with Crippen LogP contribution in [0.1, 0.15) is 26.7 Å². The minimum atomic E-state index is 0.424. The minimum Gasteiger partial charge on any atom is -0.378 e. The highest BCUT2D eigenvalue weighted by molar-refractivity contribution is 5.40. The van der Waals surface area contributed by atoms with Gasteiger partial charge in [0.15, 0.2) is 0 Å². The van der Waals surface area contributed by atoms with Crippen LogP contribution in [0.2, 0.25) is 0 Å². The Hall–Kier alpha value is -1.36. The molecule has 1 aliphatic carbocycles. The van der Waals surface area contributed by atoms with Gasteiger partial charge in [-0.05, 0) is 32.8 Å². The molecule has 0 saturated heterocycles. The summed E-state index contributed by atoms with van der Waals surface area (Å²) in [5.41, 5.74) is 0. The molecule has 0 atom stereocenters. The van der Waals surface area contributed by atoms with Crippen molar-refractivity contribution in [2.45, 2.75) is 38.8 Å². The highest BCUT2D eigenvalue weighted by Crippen LogP contribution is 2.26. The van der Waals surface area contributed by atoms with Gasteiger partial charge in [-0.3, -0.25) is 0 Å². The molecule has 94 valence electrons. The van der Waals surface area contributed by atoms with Crippen LogP contribution in [0, 0.1) is 0 Å². The van der Waals surface area contributed by atoms with E-state index in [1.165, 1.54) is 0 Å². The van der Waals surface area contributed by atoms with Gasteiger partial charge in [0, 0.05) is 25.4 Å². The summed E-state index contributed by atoms with van der Waals surface area (Å²) in [6.45, 7) is 5.70. The predicted octanol–water partition coefficient (Wildman–Crippen LogP) is 1.89. The third-order valence-electron chi connectivity index (χ3n) is 2.84. The van der Waals surface area contributed by atoms with Crippen molar-refractivity contribution in [1.82, 2.24) is 9.97 Å². The van der Waals surface area contributed by atoms with Crippen LogP contribution in [0.3, 0.4) is 0 Å². The third kappa shape index (κ3) is 3.30. The molecule has 1 fully saturated rings. The lowest BCUT2D eigenvalue weighted by Crippen LogP contribution is -2.41. The van der Waals surface area contributed by atoms with Crippen LogP contribution in [0.25, 0.3) is 0 Å². The van der Waals surface area contributed by atoms with Crippen molar-refractivity contribution in [1.29, 1.82) is 0 Å². The van der Waals surface area contributed by atoms with E-state index in [2.05, 4.69) is 20.6 Å². The molecular weight excluding hydrogens is 216 g/mol. The fourth-order valence-electron chi connectivity index (χ4n) is 1.95. The second kappa shape index (κ2) is 5.82. The molecule has 1 aromatic rings. The van der Waals surface area contributed by atoms with E-state index in [1.54, 1.807) is 6.20 Å². The van der Waals surface area contributed by atoms with Gasteiger partial charge in [0.25, 0.3) is 0 Å². The summed E-state index contributed by atoms with van der Waals surface area (Å²) in [7, 11) is 0. The van der Waals surface area contributed by atoms with Crippen molar-refractivity contribution in [2.75, 3.05) is 23.8 Å². The SMILES string of the molecule is CCNc1nccc(NC2CC(OCC)C2)n1. The fourth-order valence-corrected chi connectivity index (χ4v) is 1.95. The number of hydrogen-bond acceptors (Lipinski definition) is 5. The van der Waals surface area contributed by atoms with Crippen LogP contribution in [-0.2, 0) is 4.74 Å². The van der Waals surface area contributed by atoms with Crippen molar-refractivity contribution < 1.29 is 4.74 Å². The summed E-state index contributed by atoms with van der Waals surface area (Å²) in [4.78, 5) is 8.52. The smallest absolute Gasteiger partial charge is 0.224 e. The monoisotopic (exact) mass is 236 g/mol.